The number of ether oxygens (including phenoxy) is 1. The number of fused-ring (bicyclic) bond motifs is 5. The minimum atomic E-state index is -0.136. The maximum atomic E-state index is 12.5. The van der Waals surface area contributed by atoms with E-state index in [9.17, 15) is 9.59 Å². The second-order valence-corrected chi connectivity index (χ2v) is 10.7. The van der Waals surface area contributed by atoms with Crippen LogP contribution in [-0.2, 0) is 14.3 Å². The first-order valence-corrected chi connectivity index (χ1v) is 10.8. The van der Waals surface area contributed by atoms with Crippen LogP contribution in [-0.4, -0.2) is 17.9 Å². The molecule has 146 valence electrons. The first-order chi connectivity index (χ1) is 12.1. The van der Waals surface area contributed by atoms with E-state index in [0.717, 1.165) is 32.1 Å². The molecule has 26 heavy (non-hydrogen) atoms. The van der Waals surface area contributed by atoms with E-state index in [-0.39, 0.29) is 22.9 Å². The van der Waals surface area contributed by atoms with Gasteiger partial charge in [-0.2, -0.15) is 0 Å². The zero-order valence-corrected chi connectivity index (χ0v) is 17.3. The van der Waals surface area contributed by atoms with Crippen LogP contribution in [0.2, 0.25) is 0 Å². The van der Waals surface area contributed by atoms with E-state index in [4.69, 9.17) is 4.74 Å². The SMILES string of the molecule is CC(=O)O[C@@H]1CC[C@@]2(C)[C@@H](CC[C@@]3(C)[C@H]2CC[C@@H]2C(=O)CC[C@@]23C)[C@@H]1C. The number of hydrogen-bond donors (Lipinski definition) is 0. The smallest absolute Gasteiger partial charge is 0.302 e. The van der Waals surface area contributed by atoms with E-state index >= 15 is 0 Å². The van der Waals surface area contributed by atoms with Crippen LogP contribution >= 0.6 is 0 Å². The average Bonchev–Trinajstić information content (AvgIpc) is 2.87. The third kappa shape index (κ3) is 2.24. The van der Waals surface area contributed by atoms with Crippen LogP contribution in [0.4, 0.5) is 0 Å². The van der Waals surface area contributed by atoms with Crippen LogP contribution in [0.15, 0.2) is 0 Å². The lowest BCUT2D eigenvalue weighted by Crippen LogP contribution is -2.62. The molecule has 0 aromatic heterocycles. The minimum Gasteiger partial charge on any atom is -0.462 e. The molecular formula is C23H36O3. The third-order valence-corrected chi connectivity index (χ3v) is 9.99. The summed E-state index contributed by atoms with van der Waals surface area (Å²) >= 11 is 0. The molecule has 0 spiro atoms. The number of esters is 1. The van der Waals surface area contributed by atoms with Gasteiger partial charge in [0.05, 0.1) is 0 Å². The highest BCUT2D eigenvalue weighted by Gasteiger charge is 2.67. The molecule has 4 aliphatic rings. The van der Waals surface area contributed by atoms with Crippen molar-refractivity contribution >= 4 is 11.8 Å². The molecule has 0 N–H and O–H groups in total. The first kappa shape index (κ1) is 18.5. The molecule has 0 radical (unpaired) electrons. The van der Waals surface area contributed by atoms with Crippen molar-refractivity contribution in [2.24, 2.45) is 39.9 Å². The van der Waals surface area contributed by atoms with Crippen molar-refractivity contribution in [2.45, 2.75) is 92.1 Å². The number of carbonyl (C=O) groups excluding carboxylic acids is 2. The van der Waals surface area contributed by atoms with Crippen LogP contribution in [0.5, 0.6) is 0 Å². The van der Waals surface area contributed by atoms with Crippen molar-refractivity contribution in [1.82, 2.24) is 0 Å². The Morgan fingerprint density at radius 1 is 1.00 bits per heavy atom. The maximum absolute atomic E-state index is 12.5. The highest BCUT2D eigenvalue weighted by atomic mass is 16.5. The molecule has 0 bridgehead atoms. The van der Waals surface area contributed by atoms with Crippen molar-refractivity contribution in [2.75, 3.05) is 0 Å². The molecular weight excluding hydrogens is 324 g/mol. The summed E-state index contributed by atoms with van der Waals surface area (Å²) in [6, 6.07) is 0. The van der Waals surface area contributed by atoms with Gasteiger partial charge < -0.3 is 4.74 Å². The van der Waals surface area contributed by atoms with Gasteiger partial charge in [-0.05, 0) is 78.9 Å². The van der Waals surface area contributed by atoms with Gasteiger partial charge in [0.1, 0.15) is 11.9 Å². The lowest BCUT2D eigenvalue weighted by atomic mass is 9.37. The van der Waals surface area contributed by atoms with Crippen molar-refractivity contribution < 1.29 is 14.3 Å². The average molecular weight is 361 g/mol. The van der Waals surface area contributed by atoms with E-state index in [1.165, 1.54) is 26.2 Å². The van der Waals surface area contributed by atoms with Crippen molar-refractivity contribution in [3.05, 3.63) is 0 Å². The number of hydrogen-bond acceptors (Lipinski definition) is 3. The number of Topliss-reactive ketones (excluding diaryl/α,β-unsaturated/α-hetero) is 1. The van der Waals surface area contributed by atoms with E-state index in [2.05, 4.69) is 27.7 Å². The minimum absolute atomic E-state index is 0.0925. The molecule has 4 fully saturated rings. The number of ketones is 1. The molecule has 0 heterocycles. The van der Waals surface area contributed by atoms with Gasteiger partial charge in [0.2, 0.25) is 0 Å². The predicted octanol–water partition coefficient (Wildman–Crippen LogP) is 5.17. The molecule has 3 heteroatoms. The molecule has 0 unspecified atom stereocenters. The Hall–Kier alpha value is -0.860. The van der Waals surface area contributed by atoms with Crippen LogP contribution < -0.4 is 0 Å². The summed E-state index contributed by atoms with van der Waals surface area (Å²) in [5, 5.41) is 0. The molecule has 4 aliphatic carbocycles. The highest BCUT2D eigenvalue weighted by Crippen LogP contribution is 2.72. The summed E-state index contributed by atoms with van der Waals surface area (Å²) in [4.78, 5) is 24.1. The van der Waals surface area contributed by atoms with E-state index < -0.39 is 0 Å². The fraction of sp³-hybridized carbons (Fsp3) is 0.913. The maximum Gasteiger partial charge on any atom is 0.302 e. The molecule has 0 aromatic carbocycles. The molecule has 4 saturated carbocycles. The first-order valence-electron chi connectivity index (χ1n) is 10.8. The van der Waals surface area contributed by atoms with Gasteiger partial charge in [-0.15, -0.1) is 0 Å². The fourth-order valence-electron chi connectivity index (χ4n) is 8.44. The molecule has 0 aromatic rings. The largest absolute Gasteiger partial charge is 0.462 e. The molecule has 8 atom stereocenters. The Kier molecular flexibility index (Phi) is 4.14. The van der Waals surface area contributed by atoms with E-state index in [0.29, 0.717) is 34.9 Å². The summed E-state index contributed by atoms with van der Waals surface area (Å²) in [5.41, 5.74) is 0.793. The summed E-state index contributed by atoms with van der Waals surface area (Å²) in [5.74, 6) is 2.48. The van der Waals surface area contributed by atoms with Gasteiger partial charge in [0, 0.05) is 19.3 Å². The topological polar surface area (TPSA) is 43.4 Å². The Morgan fingerprint density at radius 2 is 1.73 bits per heavy atom. The third-order valence-electron chi connectivity index (χ3n) is 9.99. The van der Waals surface area contributed by atoms with Crippen molar-refractivity contribution in [3.8, 4) is 0 Å². The summed E-state index contributed by atoms with van der Waals surface area (Å²) in [7, 11) is 0. The lowest BCUT2D eigenvalue weighted by molar-refractivity contribution is -0.204. The van der Waals surface area contributed by atoms with Crippen LogP contribution in [0.3, 0.4) is 0 Å². The Morgan fingerprint density at radius 3 is 2.42 bits per heavy atom. The fourth-order valence-corrected chi connectivity index (χ4v) is 8.44. The monoisotopic (exact) mass is 360 g/mol. The van der Waals surface area contributed by atoms with Gasteiger partial charge in [0.25, 0.3) is 0 Å². The molecule has 0 saturated heterocycles. The van der Waals surface area contributed by atoms with Gasteiger partial charge >= 0.3 is 5.97 Å². The summed E-state index contributed by atoms with van der Waals surface area (Å²) in [6.07, 6.45) is 8.91. The second-order valence-electron chi connectivity index (χ2n) is 10.7. The van der Waals surface area contributed by atoms with Gasteiger partial charge in [-0.3, -0.25) is 9.59 Å². The van der Waals surface area contributed by atoms with Crippen LogP contribution in [0.1, 0.15) is 86.0 Å². The normalized spacial score (nSPS) is 53.4. The van der Waals surface area contributed by atoms with Gasteiger partial charge in [-0.1, -0.05) is 27.7 Å². The molecule has 0 aliphatic heterocycles. The molecule has 4 rings (SSSR count). The zero-order valence-electron chi connectivity index (χ0n) is 17.3. The van der Waals surface area contributed by atoms with E-state index in [1.54, 1.807) is 0 Å². The second kappa shape index (κ2) is 5.82. The highest BCUT2D eigenvalue weighted by molar-refractivity contribution is 5.84. The quantitative estimate of drug-likeness (QED) is 0.606. The van der Waals surface area contributed by atoms with Gasteiger partial charge in [-0.25, -0.2) is 0 Å². The van der Waals surface area contributed by atoms with Crippen molar-refractivity contribution in [1.29, 1.82) is 0 Å². The van der Waals surface area contributed by atoms with E-state index in [1.807, 2.05) is 0 Å². The molecule has 3 nitrogen and oxygen atoms in total. The summed E-state index contributed by atoms with van der Waals surface area (Å²) in [6.45, 7) is 11.3. The Balaban J connectivity index is 1.66. The van der Waals surface area contributed by atoms with Gasteiger partial charge in [0.15, 0.2) is 0 Å². The van der Waals surface area contributed by atoms with Crippen molar-refractivity contribution in [3.63, 3.8) is 0 Å². The standard InChI is InChI=1S/C23H36O3/c1-14-16-8-12-23(5)20(7-6-17-18(25)9-13-22(17,23)4)21(16,3)11-10-19(14)26-15(2)24/h14,16-17,19-20H,6-13H2,1-5H3/t14-,16-,17+,19+,20-,21-,22-,23-/m0/s1. The van der Waals surface area contributed by atoms with Crippen LogP contribution in [0, 0.1) is 39.9 Å². The predicted molar refractivity (Wildman–Crippen MR) is 101 cm³/mol. The molecule has 0 amide bonds. The Bertz CT molecular complexity index is 627. The number of carbonyl (C=O) groups is 2. The lowest BCUT2D eigenvalue weighted by Gasteiger charge is -2.67. The zero-order chi connectivity index (χ0) is 18.9. The number of rotatable bonds is 1. The van der Waals surface area contributed by atoms with Crippen LogP contribution in [0.25, 0.3) is 0 Å². The Labute approximate surface area is 158 Å². The summed E-state index contributed by atoms with van der Waals surface area (Å²) < 4.78 is 5.68.